The van der Waals surface area contributed by atoms with Crippen LogP contribution in [-0.4, -0.2) is 53.1 Å². The van der Waals surface area contributed by atoms with Crippen LogP contribution >= 0.6 is 0 Å². The first-order valence-electron chi connectivity index (χ1n) is 10.3. The summed E-state index contributed by atoms with van der Waals surface area (Å²) in [6, 6.07) is 7.22. The molecule has 11 heteroatoms. The number of benzene rings is 2. The van der Waals surface area contributed by atoms with Crippen molar-refractivity contribution in [2.24, 2.45) is 0 Å². The van der Waals surface area contributed by atoms with E-state index in [-0.39, 0.29) is 25.6 Å². The molecule has 184 valence electrons. The van der Waals surface area contributed by atoms with Gasteiger partial charge in [0.2, 0.25) is 0 Å². The van der Waals surface area contributed by atoms with Crippen molar-refractivity contribution in [3.05, 3.63) is 70.3 Å². The van der Waals surface area contributed by atoms with Crippen molar-refractivity contribution in [1.82, 2.24) is 9.80 Å². The second-order valence-electron chi connectivity index (χ2n) is 8.26. The van der Waals surface area contributed by atoms with E-state index in [1.54, 1.807) is 31.2 Å². The zero-order valence-electron chi connectivity index (χ0n) is 18.2. The number of likely N-dealkylation sites (N-methyl/N-ethyl adjacent to an activating group) is 1. The summed E-state index contributed by atoms with van der Waals surface area (Å²) in [5, 5.41) is 9.43. The van der Waals surface area contributed by atoms with Gasteiger partial charge in [-0.05, 0) is 42.7 Å². The molecule has 3 rings (SSSR count). The van der Waals surface area contributed by atoms with Gasteiger partial charge in [-0.3, -0.25) is 4.79 Å². The van der Waals surface area contributed by atoms with E-state index in [2.05, 4.69) is 0 Å². The van der Waals surface area contributed by atoms with Crippen molar-refractivity contribution < 1.29 is 41.0 Å². The smallest absolute Gasteiger partial charge is 0.416 e. The Morgan fingerprint density at radius 1 is 1.00 bits per heavy atom. The lowest BCUT2D eigenvalue weighted by Crippen LogP contribution is -2.51. The average molecular weight is 488 g/mol. The SMILES string of the molecule is Cc1ccccc1C1CN(C(=O)O)CCC1N(C)C(=O)c1cc(C(F)(F)F)cc(C(F)(F)F)c1. The van der Waals surface area contributed by atoms with E-state index in [1.165, 1.54) is 11.9 Å². The van der Waals surface area contributed by atoms with Crippen LogP contribution in [0.15, 0.2) is 42.5 Å². The highest BCUT2D eigenvalue weighted by Gasteiger charge is 2.40. The molecule has 0 spiro atoms. The molecule has 2 unspecified atom stereocenters. The van der Waals surface area contributed by atoms with Gasteiger partial charge in [-0.1, -0.05) is 24.3 Å². The molecular formula is C23H22F6N2O3. The quantitative estimate of drug-likeness (QED) is 0.569. The van der Waals surface area contributed by atoms with Crippen LogP contribution < -0.4 is 0 Å². The van der Waals surface area contributed by atoms with Gasteiger partial charge in [0.1, 0.15) is 0 Å². The predicted octanol–water partition coefficient (Wildman–Crippen LogP) is 5.64. The first-order valence-corrected chi connectivity index (χ1v) is 10.3. The van der Waals surface area contributed by atoms with Gasteiger partial charge in [0.25, 0.3) is 5.91 Å². The summed E-state index contributed by atoms with van der Waals surface area (Å²) in [5.41, 5.74) is -2.32. The van der Waals surface area contributed by atoms with Gasteiger partial charge in [0.05, 0.1) is 11.1 Å². The lowest BCUT2D eigenvalue weighted by molar-refractivity contribution is -0.143. The summed E-state index contributed by atoms with van der Waals surface area (Å²) >= 11 is 0. The summed E-state index contributed by atoms with van der Waals surface area (Å²) in [5.74, 6) is -1.53. The molecule has 0 saturated carbocycles. The fourth-order valence-corrected chi connectivity index (χ4v) is 4.32. The van der Waals surface area contributed by atoms with E-state index in [4.69, 9.17) is 0 Å². The third-order valence-corrected chi connectivity index (χ3v) is 6.09. The van der Waals surface area contributed by atoms with Crippen molar-refractivity contribution in [2.45, 2.75) is 37.7 Å². The molecule has 1 N–H and O–H groups in total. The maximum atomic E-state index is 13.2. The topological polar surface area (TPSA) is 60.9 Å². The van der Waals surface area contributed by atoms with Crippen LogP contribution in [0.1, 0.15) is 45.0 Å². The molecule has 1 aliphatic rings. The highest BCUT2D eigenvalue weighted by Crippen LogP contribution is 2.38. The molecule has 0 aliphatic carbocycles. The zero-order chi connectivity index (χ0) is 25.4. The average Bonchev–Trinajstić information content (AvgIpc) is 2.76. The second kappa shape index (κ2) is 9.19. The Morgan fingerprint density at radius 3 is 2.06 bits per heavy atom. The van der Waals surface area contributed by atoms with Gasteiger partial charge in [-0.2, -0.15) is 26.3 Å². The zero-order valence-corrected chi connectivity index (χ0v) is 18.2. The Morgan fingerprint density at radius 2 is 1.56 bits per heavy atom. The molecule has 2 atom stereocenters. The minimum Gasteiger partial charge on any atom is -0.465 e. The normalized spacial score (nSPS) is 19.1. The third kappa shape index (κ3) is 5.28. The Bertz CT molecular complexity index is 1050. The monoisotopic (exact) mass is 488 g/mol. The highest BCUT2D eigenvalue weighted by atomic mass is 19.4. The number of carboxylic acid groups (broad SMARTS) is 1. The number of amides is 2. The summed E-state index contributed by atoms with van der Waals surface area (Å²) < 4.78 is 79.5. The maximum Gasteiger partial charge on any atom is 0.416 e. The number of hydrogen-bond acceptors (Lipinski definition) is 2. The van der Waals surface area contributed by atoms with Gasteiger partial charge < -0.3 is 14.9 Å². The summed E-state index contributed by atoms with van der Waals surface area (Å²) in [6.07, 6.45) is -11.1. The van der Waals surface area contributed by atoms with Crippen LogP contribution in [-0.2, 0) is 12.4 Å². The number of alkyl halides is 6. The first-order chi connectivity index (χ1) is 15.7. The van der Waals surface area contributed by atoms with Crippen LogP contribution in [0, 0.1) is 6.92 Å². The number of hydrogen-bond donors (Lipinski definition) is 1. The molecule has 2 aromatic carbocycles. The number of rotatable bonds is 3. The number of piperidine rings is 1. The molecule has 2 amide bonds. The molecule has 1 aliphatic heterocycles. The molecule has 0 aromatic heterocycles. The van der Waals surface area contributed by atoms with E-state index in [1.807, 2.05) is 0 Å². The Kier molecular flexibility index (Phi) is 6.86. The maximum absolute atomic E-state index is 13.2. The minimum atomic E-state index is -5.08. The minimum absolute atomic E-state index is 0.0267. The Labute approximate surface area is 191 Å². The van der Waals surface area contributed by atoms with E-state index >= 15 is 0 Å². The summed E-state index contributed by atoms with van der Waals surface area (Å²) in [6.45, 7) is 1.89. The summed E-state index contributed by atoms with van der Waals surface area (Å²) in [4.78, 5) is 27.0. The van der Waals surface area contributed by atoms with Gasteiger partial charge in [-0.15, -0.1) is 0 Å². The molecule has 1 saturated heterocycles. The van der Waals surface area contributed by atoms with E-state index in [0.717, 1.165) is 16.0 Å². The number of likely N-dealkylation sites (tertiary alicyclic amines) is 1. The van der Waals surface area contributed by atoms with Crippen molar-refractivity contribution in [3.8, 4) is 0 Å². The largest absolute Gasteiger partial charge is 0.465 e. The van der Waals surface area contributed by atoms with Crippen LogP contribution in [0.2, 0.25) is 0 Å². The summed E-state index contributed by atoms with van der Waals surface area (Å²) in [7, 11) is 1.31. The highest BCUT2D eigenvalue weighted by molar-refractivity contribution is 5.95. The fraction of sp³-hybridized carbons (Fsp3) is 0.391. The Balaban J connectivity index is 2.02. The van der Waals surface area contributed by atoms with Gasteiger partial charge in [0.15, 0.2) is 0 Å². The third-order valence-electron chi connectivity index (χ3n) is 6.09. The van der Waals surface area contributed by atoms with E-state index in [9.17, 15) is 41.0 Å². The van der Waals surface area contributed by atoms with Crippen LogP contribution in [0.4, 0.5) is 31.1 Å². The molecule has 2 aromatic rings. The Hall–Kier alpha value is -3.24. The molecule has 0 bridgehead atoms. The van der Waals surface area contributed by atoms with Crippen LogP contribution in [0.3, 0.4) is 0 Å². The molecule has 1 fully saturated rings. The van der Waals surface area contributed by atoms with E-state index < -0.39 is 53.0 Å². The molecule has 34 heavy (non-hydrogen) atoms. The second-order valence-corrected chi connectivity index (χ2v) is 8.26. The number of halogens is 6. The van der Waals surface area contributed by atoms with Gasteiger partial charge >= 0.3 is 18.4 Å². The fourth-order valence-electron chi connectivity index (χ4n) is 4.32. The van der Waals surface area contributed by atoms with Gasteiger partial charge in [0, 0.05) is 37.7 Å². The molecule has 1 heterocycles. The van der Waals surface area contributed by atoms with Gasteiger partial charge in [-0.25, -0.2) is 4.79 Å². The number of carbonyl (C=O) groups excluding carboxylic acids is 1. The lowest BCUT2D eigenvalue weighted by atomic mass is 9.83. The molecule has 0 radical (unpaired) electrons. The van der Waals surface area contributed by atoms with Crippen molar-refractivity contribution in [3.63, 3.8) is 0 Å². The van der Waals surface area contributed by atoms with Crippen LogP contribution in [0.25, 0.3) is 0 Å². The first kappa shape index (κ1) is 25.4. The number of carbonyl (C=O) groups is 2. The van der Waals surface area contributed by atoms with E-state index in [0.29, 0.717) is 12.1 Å². The number of aryl methyl sites for hydroxylation is 1. The molecular weight excluding hydrogens is 466 g/mol. The number of nitrogens with zero attached hydrogens (tertiary/aromatic N) is 2. The molecule has 5 nitrogen and oxygen atoms in total. The standard InChI is InChI=1S/C23H22F6N2O3/c1-13-5-3-4-6-17(13)18-12-31(21(33)34)8-7-19(18)30(2)20(32)14-9-15(22(24,25)26)11-16(10-14)23(27,28)29/h3-6,9-11,18-19H,7-8,12H2,1-2H3,(H,33,34). The van der Waals surface area contributed by atoms with Crippen molar-refractivity contribution >= 4 is 12.0 Å². The predicted molar refractivity (Wildman–Crippen MR) is 110 cm³/mol. The lowest BCUT2D eigenvalue weighted by Gasteiger charge is -2.42. The van der Waals surface area contributed by atoms with Crippen molar-refractivity contribution in [1.29, 1.82) is 0 Å². The van der Waals surface area contributed by atoms with Crippen LogP contribution in [0.5, 0.6) is 0 Å². The van der Waals surface area contributed by atoms with Crippen molar-refractivity contribution in [2.75, 3.05) is 20.1 Å².